The molecule has 4 heterocycles. The third-order valence-electron chi connectivity index (χ3n) is 7.55. The van der Waals surface area contributed by atoms with E-state index in [0.29, 0.717) is 42.1 Å². The van der Waals surface area contributed by atoms with Gasteiger partial charge < -0.3 is 22.1 Å². The van der Waals surface area contributed by atoms with Gasteiger partial charge in [-0.15, -0.1) is 0 Å². The molecule has 6 N–H and O–H groups in total. The van der Waals surface area contributed by atoms with Crippen molar-refractivity contribution in [3.63, 3.8) is 0 Å². The molecule has 0 aromatic carbocycles. The summed E-state index contributed by atoms with van der Waals surface area (Å²) < 4.78 is 1.88. The molecule has 10 heteroatoms. The van der Waals surface area contributed by atoms with Crippen LogP contribution in [-0.2, 0) is 5.54 Å². The number of hydrogen-bond donors (Lipinski definition) is 4. The van der Waals surface area contributed by atoms with E-state index in [0.717, 1.165) is 17.8 Å². The van der Waals surface area contributed by atoms with Gasteiger partial charge in [-0.25, -0.2) is 15.0 Å². The van der Waals surface area contributed by atoms with Crippen molar-refractivity contribution in [1.82, 2.24) is 25.0 Å². The molecule has 0 saturated heterocycles. The highest BCUT2D eigenvalue weighted by atomic mass is 16.1. The summed E-state index contributed by atoms with van der Waals surface area (Å²) in [5, 5.41) is 6.89. The van der Waals surface area contributed by atoms with E-state index in [1.807, 2.05) is 24.3 Å². The largest absolute Gasteiger partial charge is 0.370 e. The number of aromatic nitrogens is 3. The summed E-state index contributed by atoms with van der Waals surface area (Å²) in [5.74, 6) is 1.63. The molecule has 1 fully saturated rings. The van der Waals surface area contributed by atoms with Crippen LogP contribution in [0.3, 0.4) is 0 Å². The van der Waals surface area contributed by atoms with Crippen molar-refractivity contribution >= 4 is 23.5 Å². The topological polar surface area (TPSA) is 148 Å². The highest BCUT2D eigenvalue weighted by Crippen LogP contribution is 2.56. The lowest BCUT2D eigenvalue weighted by Crippen LogP contribution is -2.73. The summed E-state index contributed by atoms with van der Waals surface area (Å²) in [5.41, 5.74) is 14.2. The highest BCUT2D eigenvalue weighted by Gasteiger charge is 2.69. The average molecular weight is 407 g/mol. The van der Waals surface area contributed by atoms with Gasteiger partial charge in [0.15, 0.2) is 17.7 Å². The number of ketones is 1. The van der Waals surface area contributed by atoms with E-state index in [-0.39, 0.29) is 23.7 Å². The van der Waals surface area contributed by atoms with Gasteiger partial charge in [-0.1, -0.05) is 6.92 Å². The van der Waals surface area contributed by atoms with E-state index in [1.54, 1.807) is 0 Å². The Labute approximate surface area is 173 Å². The first kappa shape index (κ1) is 17.7. The average Bonchev–Trinajstić information content (AvgIpc) is 3.33. The number of nitrogens with zero attached hydrogens (tertiary/aromatic N) is 5. The maximum Gasteiger partial charge on any atom is 0.235 e. The minimum absolute atomic E-state index is 0.0165. The SMILES string of the molecule is Cc1cc(C)n2c3c(nc2n1)[C@@]12NC(N)=N[C@@H]1[C@@]1(CN=C(N)N1)[C@H](C)C[C@@H]2CC3=O. The third kappa shape index (κ3) is 1.87. The molecule has 0 amide bonds. The van der Waals surface area contributed by atoms with Crippen LogP contribution >= 0.6 is 0 Å². The lowest BCUT2D eigenvalue weighted by Gasteiger charge is -2.56. The molecular weight excluding hydrogens is 382 g/mol. The van der Waals surface area contributed by atoms with Gasteiger partial charge in [0.1, 0.15) is 23.0 Å². The van der Waals surface area contributed by atoms with Gasteiger partial charge in [-0.05, 0) is 38.2 Å². The number of guanidine groups is 2. The number of aryl methyl sites for hydroxylation is 2. The number of nitrogens with one attached hydrogen (secondary N) is 2. The molecular formula is C20H25N9O. The van der Waals surface area contributed by atoms with Crippen molar-refractivity contribution in [3.05, 3.63) is 28.8 Å². The molecule has 2 spiro atoms. The first-order chi connectivity index (χ1) is 14.3. The Morgan fingerprint density at radius 2 is 2.00 bits per heavy atom. The molecule has 2 aromatic rings. The van der Waals surface area contributed by atoms with Crippen molar-refractivity contribution in [2.75, 3.05) is 6.54 Å². The third-order valence-corrected chi connectivity index (χ3v) is 7.55. The second-order valence-corrected chi connectivity index (χ2v) is 9.22. The molecule has 2 aliphatic heterocycles. The van der Waals surface area contributed by atoms with Gasteiger partial charge in [-0.3, -0.25) is 14.2 Å². The van der Waals surface area contributed by atoms with Crippen LogP contribution in [-0.4, -0.2) is 50.2 Å². The molecule has 10 nitrogen and oxygen atoms in total. The van der Waals surface area contributed by atoms with Gasteiger partial charge in [0, 0.05) is 17.8 Å². The van der Waals surface area contributed by atoms with Crippen LogP contribution in [0.15, 0.2) is 16.1 Å². The number of carbonyl (C=O) groups is 1. The normalized spacial score (nSPS) is 36.6. The number of imidazole rings is 1. The Hall–Kier alpha value is -3.17. The van der Waals surface area contributed by atoms with Crippen LogP contribution in [0.4, 0.5) is 0 Å². The monoisotopic (exact) mass is 407 g/mol. The predicted octanol–water partition coefficient (Wildman–Crippen LogP) is -0.273. The number of hydrogen-bond acceptors (Lipinski definition) is 9. The Bertz CT molecular complexity index is 1200. The first-order valence-electron chi connectivity index (χ1n) is 10.4. The zero-order valence-corrected chi connectivity index (χ0v) is 17.2. The quantitative estimate of drug-likeness (QED) is 0.470. The van der Waals surface area contributed by atoms with Gasteiger partial charge in [0.2, 0.25) is 5.78 Å². The molecule has 0 unspecified atom stereocenters. The number of carbonyl (C=O) groups excluding carboxylic acids is 1. The number of nitrogens with two attached hydrogens (primary N) is 2. The van der Waals surface area contributed by atoms with Gasteiger partial charge in [-0.2, -0.15) is 0 Å². The number of fused-ring (bicyclic) bond motifs is 4. The number of rotatable bonds is 0. The summed E-state index contributed by atoms with van der Waals surface area (Å²) in [6.45, 7) is 6.60. The molecule has 30 heavy (non-hydrogen) atoms. The lowest BCUT2D eigenvalue weighted by atomic mass is 9.54. The van der Waals surface area contributed by atoms with Crippen LogP contribution in [0, 0.1) is 25.7 Å². The van der Waals surface area contributed by atoms with E-state index in [9.17, 15) is 4.79 Å². The zero-order chi connectivity index (χ0) is 21.0. The predicted molar refractivity (Wildman–Crippen MR) is 111 cm³/mol. The van der Waals surface area contributed by atoms with Crippen LogP contribution in [0.5, 0.6) is 0 Å². The van der Waals surface area contributed by atoms with Crippen LogP contribution < -0.4 is 22.1 Å². The van der Waals surface area contributed by atoms with E-state index in [1.165, 1.54) is 0 Å². The molecule has 2 aromatic heterocycles. The molecule has 0 radical (unpaired) electrons. The molecule has 0 bridgehead atoms. The molecule has 4 aliphatic rings. The van der Waals surface area contributed by atoms with Crippen molar-refractivity contribution in [1.29, 1.82) is 0 Å². The fourth-order valence-corrected chi connectivity index (χ4v) is 6.33. The van der Waals surface area contributed by atoms with Crippen molar-refractivity contribution in [2.45, 2.75) is 50.7 Å². The maximum atomic E-state index is 13.3. The number of aliphatic imine (C=N–C) groups is 2. The van der Waals surface area contributed by atoms with Crippen molar-refractivity contribution in [2.24, 2.45) is 33.3 Å². The van der Waals surface area contributed by atoms with Gasteiger partial charge in [0.05, 0.1) is 12.1 Å². The van der Waals surface area contributed by atoms with Crippen molar-refractivity contribution < 1.29 is 4.79 Å². The molecule has 1 saturated carbocycles. The van der Waals surface area contributed by atoms with E-state index in [4.69, 9.17) is 21.4 Å². The molecule has 2 aliphatic carbocycles. The summed E-state index contributed by atoms with van der Waals surface area (Å²) in [6, 6.07) is 1.68. The number of Topliss-reactive ketones (excluding diaryl/α,β-unsaturated/α-hetero) is 1. The maximum absolute atomic E-state index is 13.3. The second-order valence-electron chi connectivity index (χ2n) is 9.22. The molecule has 6 rings (SSSR count). The Morgan fingerprint density at radius 1 is 1.20 bits per heavy atom. The summed E-state index contributed by atoms with van der Waals surface area (Å²) in [4.78, 5) is 32.2. The zero-order valence-electron chi connectivity index (χ0n) is 17.2. The fraction of sp³-hybridized carbons (Fsp3) is 0.550. The summed E-state index contributed by atoms with van der Waals surface area (Å²) in [7, 11) is 0. The lowest BCUT2D eigenvalue weighted by molar-refractivity contribution is 0.0230. The Kier molecular flexibility index (Phi) is 3.12. The van der Waals surface area contributed by atoms with E-state index in [2.05, 4.69) is 27.5 Å². The standard InChI is InChI=1S/C20H25N9O/c1-8-4-11-6-12(30)13-14(25-18-24-9(2)5-10(3)29(13)18)20(11)15(26-17(22)28-20)19(8)7-23-16(21)27-19/h5,8,11,15H,4,6-7H2,1-3H3,(H3,21,23,27)(H3,22,26,28)/t8-,11-,15-,19-,20-/m1/s1. The minimum atomic E-state index is -0.693. The van der Waals surface area contributed by atoms with E-state index < -0.39 is 11.1 Å². The fourth-order valence-electron chi connectivity index (χ4n) is 6.33. The first-order valence-corrected chi connectivity index (χ1v) is 10.4. The Balaban J connectivity index is 1.65. The molecule has 156 valence electrons. The Morgan fingerprint density at radius 3 is 2.73 bits per heavy atom. The van der Waals surface area contributed by atoms with Crippen LogP contribution in [0.25, 0.3) is 5.78 Å². The van der Waals surface area contributed by atoms with Crippen molar-refractivity contribution in [3.8, 4) is 0 Å². The molecule has 5 atom stereocenters. The van der Waals surface area contributed by atoms with Gasteiger partial charge >= 0.3 is 0 Å². The summed E-state index contributed by atoms with van der Waals surface area (Å²) >= 11 is 0. The smallest absolute Gasteiger partial charge is 0.235 e. The van der Waals surface area contributed by atoms with Crippen LogP contribution in [0.1, 0.15) is 47.3 Å². The highest BCUT2D eigenvalue weighted by molar-refractivity contribution is 5.99. The second kappa shape index (κ2) is 5.30. The minimum Gasteiger partial charge on any atom is -0.370 e. The van der Waals surface area contributed by atoms with Gasteiger partial charge in [0.25, 0.3) is 0 Å². The van der Waals surface area contributed by atoms with Crippen LogP contribution in [0.2, 0.25) is 0 Å². The van der Waals surface area contributed by atoms with E-state index >= 15 is 0 Å². The summed E-state index contributed by atoms with van der Waals surface area (Å²) in [6.07, 6.45) is 1.23.